The number of ether oxygens (including phenoxy) is 1. The molecule has 0 saturated carbocycles. The molecule has 0 aliphatic rings. The van der Waals surface area contributed by atoms with Crippen molar-refractivity contribution >= 4 is 23.2 Å². The number of hydrogen-bond donors (Lipinski definition) is 2. The molecule has 2 aromatic rings. The highest BCUT2D eigenvalue weighted by molar-refractivity contribution is 6.31. The molecule has 104 valence electrons. The third-order valence-electron chi connectivity index (χ3n) is 2.43. The van der Waals surface area contributed by atoms with Crippen LogP contribution in [0.3, 0.4) is 0 Å². The van der Waals surface area contributed by atoms with Crippen molar-refractivity contribution in [2.24, 2.45) is 5.84 Å². The Morgan fingerprint density at radius 1 is 1.50 bits per heavy atom. The Morgan fingerprint density at radius 3 is 2.90 bits per heavy atom. The topological polar surface area (TPSA) is 116 Å². The van der Waals surface area contributed by atoms with E-state index in [1.165, 1.54) is 12.3 Å². The van der Waals surface area contributed by atoms with Gasteiger partial charge in [0, 0.05) is 6.07 Å². The summed E-state index contributed by atoms with van der Waals surface area (Å²) in [5, 5.41) is 11.1. The molecular formula is C11H10ClN5O3. The fourth-order valence-electron chi connectivity index (χ4n) is 1.50. The first-order valence-corrected chi connectivity index (χ1v) is 5.81. The zero-order valence-electron chi connectivity index (χ0n) is 10.3. The number of aromatic nitrogens is 2. The fraction of sp³-hybridized carbons (Fsp3) is 0.0909. The molecule has 0 unspecified atom stereocenters. The Bertz CT molecular complexity index is 665. The van der Waals surface area contributed by atoms with Crippen molar-refractivity contribution in [3.63, 3.8) is 0 Å². The Kier molecular flexibility index (Phi) is 3.97. The molecule has 1 aromatic heterocycles. The van der Waals surface area contributed by atoms with Crippen LogP contribution in [-0.4, -0.2) is 14.9 Å². The van der Waals surface area contributed by atoms with Crippen LogP contribution in [0.25, 0.3) is 0 Å². The van der Waals surface area contributed by atoms with Gasteiger partial charge in [-0.3, -0.25) is 15.5 Å². The van der Waals surface area contributed by atoms with Gasteiger partial charge in [-0.05, 0) is 12.5 Å². The van der Waals surface area contributed by atoms with Gasteiger partial charge in [0.2, 0.25) is 17.6 Å². The monoisotopic (exact) mass is 295 g/mol. The first kappa shape index (κ1) is 14.0. The lowest BCUT2D eigenvalue weighted by atomic mass is 10.2. The minimum Gasteiger partial charge on any atom is -0.430 e. The van der Waals surface area contributed by atoms with E-state index in [0.29, 0.717) is 5.56 Å². The number of nitrogens with one attached hydrogen (secondary N) is 1. The van der Waals surface area contributed by atoms with Gasteiger partial charge in [0.15, 0.2) is 0 Å². The number of nitrogens with zero attached hydrogens (tertiary/aromatic N) is 3. The van der Waals surface area contributed by atoms with Crippen LogP contribution >= 0.6 is 11.6 Å². The normalized spacial score (nSPS) is 10.2. The van der Waals surface area contributed by atoms with Crippen molar-refractivity contribution in [3.8, 4) is 11.6 Å². The van der Waals surface area contributed by atoms with Crippen LogP contribution in [0.4, 0.5) is 11.6 Å². The average Bonchev–Trinajstić information content (AvgIpc) is 2.43. The number of para-hydroxylation sites is 1. The quantitative estimate of drug-likeness (QED) is 0.505. The number of hydrogen-bond acceptors (Lipinski definition) is 7. The number of aryl methyl sites for hydroxylation is 1. The molecule has 0 saturated heterocycles. The second-order valence-electron chi connectivity index (χ2n) is 3.77. The summed E-state index contributed by atoms with van der Waals surface area (Å²) in [6.07, 6.45) is 1.28. The van der Waals surface area contributed by atoms with E-state index in [-0.39, 0.29) is 28.3 Å². The highest BCUT2D eigenvalue weighted by Gasteiger charge is 2.19. The van der Waals surface area contributed by atoms with E-state index in [9.17, 15) is 10.1 Å². The third kappa shape index (κ3) is 2.76. The van der Waals surface area contributed by atoms with Crippen LogP contribution in [0, 0.1) is 17.0 Å². The standard InChI is InChI=1S/C11H10ClN5O3/c1-6-3-2-4-8(17(18)19)9(6)20-10-7(12)5-14-11(15-10)16-13/h2-5H,13H2,1H3,(H,14,15,16). The molecule has 0 atom stereocenters. The number of halogens is 1. The molecule has 0 spiro atoms. The highest BCUT2D eigenvalue weighted by Crippen LogP contribution is 2.36. The molecule has 8 nitrogen and oxygen atoms in total. The molecule has 0 fully saturated rings. The molecule has 20 heavy (non-hydrogen) atoms. The second-order valence-corrected chi connectivity index (χ2v) is 4.18. The molecule has 0 bridgehead atoms. The van der Waals surface area contributed by atoms with Crippen LogP contribution in [-0.2, 0) is 0 Å². The molecule has 0 aliphatic carbocycles. The molecule has 1 aromatic carbocycles. The van der Waals surface area contributed by atoms with Gasteiger partial charge in [0.05, 0.1) is 11.1 Å². The van der Waals surface area contributed by atoms with Crippen LogP contribution in [0.2, 0.25) is 5.02 Å². The summed E-state index contributed by atoms with van der Waals surface area (Å²) in [5.74, 6) is 5.32. The first-order valence-electron chi connectivity index (χ1n) is 5.44. The maximum atomic E-state index is 11.0. The van der Waals surface area contributed by atoms with Crippen molar-refractivity contribution in [1.29, 1.82) is 0 Å². The number of rotatable bonds is 4. The molecule has 0 radical (unpaired) electrons. The summed E-state index contributed by atoms with van der Waals surface area (Å²) < 4.78 is 5.45. The van der Waals surface area contributed by atoms with Gasteiger partial charge in [0.25, 0.3) is 0 Å². The maximum absolute atomic E-state index is 11.0. The van der Waals surface area contributed by atoms with Crippen molar-refractivity contribution < 1.29 is 9.66 Å². The molecule has 1 heterocycles. The van der Waals surface area contributed by atoms with Crippen molar-refractivity contribution in [2.75, 3.05) is 5.43 Å². The van der Waals surface area contributed by atoms with Crippen molar-refractivity contribution in [1.82, 2.24) is 9.97 Å². The number of nitrogen functional groups attached to an aromatic ring is 1. The van der Waals surface area contributed by atoms with Gasteiger partial charge < -0.3 is 4.74 Å². The number of nitro groups is 1. The lowest BCUT2D eigenvalue weighted by molar-refractivity contribution is -0.385. The van der Waals surface area contributed by atoms with E-state index in [1.807, 2.05) is 0 Å². The lowest BCUT2D eigenvalue weighted by Gasteiger charge is -2.10. The van der Waals surface area contributed by atoms with Crippen molar-refractivity contribution in [3.05, 3.63) is 45.1 Å². The Labute approximate surface area is 118 Å². The minimum absolute atomic E-state index is 0.0213. The predicted molar refractivity (Wildman–Crippen MR) is 72.8 cm³/mol. The van der Waals surface area contributed by atoms with E-state index < -0.39 is 4.92 Å². The largest absolute Gasteiger partial charge is 0.430 e. The number of nitro benzene ring substituents is 1. The first-order chi connectivity index (χ1) is 9.52. The average molecular weight is 296 g/mol. The molecule has 9 heteroatoms. The predicted octanol–water partition coefficient (Wildman–Crippen LogP) is 2.42. The number of hydrazine groups is 1. The third-order valence-corrected chi connectivity index (χ3v) is 2.69. The molecule has 0 aliphatic heterocycles. The second kappa shape index (κ2) is 5.68. The van der Waals surface area contributed by atoms with E-state index >= 15 is 0 Å². The van der Waals surface area contributed by atoms with Crippen LogP contribution in [0.15, 0.2) is 24.4 Å². The van der Waals surface area contributed by atoms with E-state index in [2.05, 4.69) is 15.4 Å². The molecule has 0 amide bonds. The zero-order valence-corrected chi connectivity index (χ0v) is 11.1. The summed E-state index contributed by atoms with van der Waals surface area (Å²) in [6.45, 7) is 1.68. The fourth-order valence-corrected chi connectivity index (χ4v) is 1.63. The minimum atomic E-state index is -0.542. The lowest BCUT2D eigenvalue weighted by Crippen LogP contribution is -2.10. The van der Waals surface area contributed by atoms with Crippen LogP contribution < -0.4 is 16.0 Å². The van der Waals surface area contributed by atoms with Crippen LogP contribution in [0.5, 0.6) is 11.6 Å². The summed E-state index contributed by atoms with van der Waals surface area (Å²) in [6, 6.07) is 4.58. The van der Waals surface area contributed by atoms with E-state index in [1.54, 1.807) is 19.1 Å². The summed E-state index contributed by atoms with van der Waals surface area (Å²) in [7, 11) is 0. The summed E-state index contributed by atoms with van der Waals surface area (Å²) in [4.78, 5) is 18.1. The van der Waals surface area contributed by atoms with Gasteiger partial charge >= 0.3 is 5.69 Å². The molecular weight excluding hydrogens is 286 g/mol. The van der Waals surface area contributed by atoms with Gasteiger partial charge in [-0.1, -0.05) is 23.7 Å². The highest BCUT2D eigenvalue weighted by atomic mass is 35.5. The van der Waals surface area contributed by atoms with E-state index in [4.69, 9.17) is 22.2 Å². The number of benzene rings is 1. The van der Waals surface area contributed by atoms with E-state index in [0.717, 1.165) is 0 Å². The SMILES string of the molecule is Cc1cccc([N+](=O)[O-])c1Oc1nc(NN)ncc1Cl. The Morgan fingerprint density at radius 2 is 2.25 bits per heavy atom. The van der Waals surface area contributed by atoms with Crippen molar-refractivity contribution in [2.45, 2.75) is 6.92 Å². The zero-order chi connectivity index (χ0) is 14.7. The van der Waals surface area contributed by atoms with Gasteiger partial charge in [-0.25, -0.2) is 10.8 Å². The van der Waals surface area contributed by atoms with Gasteiger partial charge in [0.1, 0.15) is 5.02 Å². The smallest absolute Gasteiger partial charge is 0.311 e. The van der Waals surface area contributed by atoms with Gasteiger partial charge in [-0.15, -0.1) is 0 Å². The van der Waals surface area contributed by atoms with Crippen LogP contribution in [0.1, 0.15) is 5.56 Å². The Balaban J connectivity index is 2.47. The summed E-state index contributed by atoms with van der Waals surface area (Å²) >= 11 is 5.90. The number of nitrogens with two attached hydrogens (primary N) is 1. The molecule has 3 N–H and O–H groups in total. The summed E-state index contributed by atoms with van der Waals surface area (Å²) in [5.41, 5.74) is 2.64. The Hall–Kier alpha value is -2.45. The maximum Gasteiger partial charge on any atom is 0.311 e. The molecule has 2 rings (SSSR count). The van der Waals surface area contributed by atoms with Gasteiger partial charge in [-0.2, -0.15) is 4.98 Å². The number of anilines is 1.